The molecule has 20 heavy (non-hydrogen) atoms. The minimum atomic E-state index is -0.101. The van der Waals surface area contributed by atoms with Crippen LogP contribution in [0, 0.1) is 0 Å². The topological polar surface area (TPSA) is 79.6 Å². The first-order chi connectivity index (χ1) is 9.74. The molecule has 3 aromatic heterocycles. The van der Waals surface area contributed by atoms with Crippen LogP contribution in [0.4, 0.5) is 0 Å². The molecule has 0 saturated heterocycles. The molecule has 2 N–H and O–H groups in total. The number of thiophene rings is 1. The molecule has 2 atom stereocenters. The van der Waals surface area contributed by atoms with Gasteiger partial charge in [-0.15, -0.1) is 21.5 Å². The van der Waals surface area contributed by atoms with Crippen molar-refractivity contribution < 1.29 is 4.42 Å². The number of tetrazole rings is 1. The minimum absolute atomic E-state index is 0.0790. The van der Waals surface area contributed by atoms with Gasteiger partial charge in [-0.1, -0.05) is 16.8 Å². The molecule has 0 radical (unpaired) electrons. The van der Waals surface area contributed by atoms with Crippen LogP contribution in [0.25, 0.3) is 0 Å². The first kappa shape index (κ1) is 13.3. The molecule has 0 amide bonds. The summed E-state index contributed by atoms with van der Waals surface area (Å²) in [5.41, 5.74) is 0. The van der Waals surface area contributed by atoms with Crippen molar-refractivity contribution in [1.29, 1.82) is 0 Å². The number of aromatic amines is 1. The van der Waals surface area contributed by atoms with E-state index in [1.165, 1.54) is 11.3 Å². The second-order valence-corrected chi connectivity index (χ2v) is 6.00. The number of halogens is 1. The monoisotopic (exact) mass is 309 g/mol. The largest absolute Gasteiger partial charge is 0.467 e. The number of nitrogens with zero attached hydrogens (tertiary/aromatic N) is 3. The number of hydrogen-bond acceptors (Lipinski definition) is 6. The molecule has 0 aromatic carbocycles. The molecular weight excluding hydrogens is 298 g/mol. The van der Waals surface area contributed by atoms with Crippen molar-refractivity contribution in [1.82, 2.24) is 25.9 Å². The molecule has 0 spiro atoms. The molecule has 0 saturated carbocycles. The molecule has 2 unspecified atom stereocenters. The fourth-order valence-corrected chi connectivity index (χ4v) is 3.05. The van der Waals surface area contributed by atoms with Gasteiger partial charge in [0.2, 0.25) is 0 Å². The first-order valence-corrected chi connectivity index (χ1v) is 7.21. The summed E-state index contributed by atoms with van der Waals surface area (Å²) in [5.74, 6) is 1.42. The van der Waals surface area contributed by atoms with E-state index in [4.69, 9.17) is 16.0 Å². The Bertz CT molecular complexity index is 651. The van der Waals surface area contributed by atoms with E-state index >= 15 is 0 Å². The van der Waals surface area contributed by atoms with Crippen LogP contribution >= 0.6 is 22.9 Å². The van der Waals surface area contributed by atoms with Crippen LogP contribution in [0.15, 0.2) is 34.9 Å². The number of nitrogens with one attached hydrogen (secondary N) is 2. The van der Waals surface area contributed by atoms with E-state index in [0.29, 0.717) is 5.82 Å². The maximum atomic E-state index is 6.02. The summed E-state index contributed by atoms with van der Waals surface area (Å²) < 4.78 is 6.26. The quantitative estimate of drug-likeness (QED) is 0.757. The second kappa shape index (κ2) is 5.74. The van der Waals surface area contributed by atoms with Crippen LogP contribution in [0.5, 0.6) is 0 Å². The Morgan fingerprint density at radius 2 is 2.30 bits per heavy atom. The molecule has 0 aliphatic heterocycles. The molecule has 0 bridgehead atoms. The van der Waals surface area contributed by atoms with Crippen molar-refractivity contribution >= 4 is 22.9 Å². The third kappa shape index (κ3) is 2.74. The average molecular weight is 310 g/mol. The summed E-state index contributed by atoms with van der Waals surface area (Å²) in [7, 11) is 0. The van der Waals surface area contributed by atoms with Gasteiger partial charge in [0, 0.05) is 4.88 Å². The highest BCUT2D eigenvalue weighted by Gasteiger charge is 2.23. The van der Waals surface area contributed by atoms with E-state index in [9.17, 15) is 0 Å². The summed E-state index contributed by atoms with van der Waals surface area (Å²) in [6.45, 7) is 1.97. The average Bonchev–Trinajstić information content (AvgIpc) is 3.17. The third-order valence-corrected chi connectivity index (χ3v) is 4.17. The van der Waals surface area contributed by atoms with Crippen molar-refractivity contribution in [2.75, 3.05) is 0 Å². The van der Waals surface area contributed by atoms with Crippen molar-refractivity contribution in [2.24, 2.45) is 0 Å². The van der Waals surface area contributed by atoms with E-state index in [1.54, 1.807) is 6.26 Å². The Morgan fingerprint density at radius 3 is 2.90 bits per heavy atom. The van der Waals surface area contributed by atoms with Gasteiger partial charge in [-0.05, 0) is 31.2 Å². The SMILES string of the molecule is CC(NC(c1ccco1)c1ccc(Cl)s1)c1nn[nH]n1. The first-order valence-electron chi connectivity index (χ1n) is 6.02. The summed E-state index contributed by atoms with van der Waals surface area (Å²) in [6.07, 6.45) is 1.65. The molecule has 104 valence electrons. The van der Waals surface area contributed by atoms with Crippen LogP contribution in [0.3, 0.4) is 0 Å². The maximum absolute atomic E-state index is 6.02. The molecular formula is C12H12ClN5OS. The van der Waals surface area contributed by atoms with Crippen molar-refractivity contribution in [3.05, 3.63) is 51.3 Å². The molecule has 3 aromatic rings. The Labute approximate surface area is 124 Å². The predicted molar refractivity (Wildman–Crippen MR) is 75.6 cm³/mol. The zero-order valence-corrected chi connectivity index (χ0v) is 12.1. The fourth-order valence-electron chi connectivity index (χ4n) is 1.92. The zero-order chi connectivity index (χ0) is 13.9. The number of H-pyrrole nitrogens is 1. The van der Waals surface area contributed by atoms with Gasteiger partial charge in [0.05, 0.1) is 16.6 Å². The standard InChI is InChI=1S/C12H12ClN5OS/c1-7(12-15-17-18-16-12)14-11(8-3-2-6-19-8)9-4-5-10(13)20-9/h2-7,11,14H,1H3,(H,15,16,17,18). The highest BCUT2D eigenvalue weighted by Crippen LogP contribution is 2.32. The molecule has 3 heterocycles. The lowest BCUT2D eigenvalue weighted by atomic mass is 10.1. The van der Waals surface area contributed by atoms with Gasteiger partial charge in [0.1, 0.15) is 11.8 Å². The predicted octanol–water partition coefficient (Wildman–Crippen LogP) is 2.95. The Morgan fingerprint density at radius 1 is 1.40 bits per heavy atom. The zero-order valence-electron chi connectivity index (χ0n) is 10.6. The number of aromatic nitrogens is 4. The normalized spacial score (nSPS) is 14.3. The summed E-state index contributed by atoms with van der Waals surface area (Å²) in [5, 5.41) is 17.4. The minimum Gasteiger partial charge on any atom is -0.467 e. The lowest BCUT2D eigenvalue weighted by Crippen LogP contribution is -2.25. The lowest BCUT2D eigenvalue weighted by Gasteiger charge is -2.18. The van der Waals surface area contributed by atoms with Gasteiger partial charge in [-0.25, -0.2) is 0 Å². The van der Waals surface area contributed by atoms with Gasteiger partial charge < -0.3 is 4.42 Å². The third-order valence-electron chi connectivity index (χ3n) is 2.87. The van der Waals surface area contributed by atoms with Gasteiger partial charge in [-0.2, -0.15) is 5.21 Å². The van der Waals surface area contributed by atoms with Crippen LogP contribution in [0.2, 0.25) is 4.34 Å². The maximum Gasteiger partial charge on any atom is 0.191 e. The van der Waals surface area contributed by atoms with Gasteiger partial charge in [-0.3, -0.25) is 5.32 Å². The molecule has 6 nitrogen and oxygen atoms in total. The highest BCUT2D eigenvalue weighted by atomic mass is 35.5. The molecule has 0 fully saturated rings. The van der Waals surface area contributed by atoms with Crippen molar-refractivity contribution in [3.63, 3.8) is 0 Å². The van der Waals surface area contributed by atoms with Gasteiger partial charge in [0.15, 0.2) is 5.82 Å². The van der Waals surface area contributed by atoms with Gasteiger partial charge >= 0.3 is 0 Å². The molecule has 0 aliphatic carbocycles. The number of hydrogen-bond donors (Lipinski definition) is 2. The van der Waals surface area contributed by atoms with E-state index in [0.717, 1.165) is 15.0 Å². The summed E-state index contributed by atoms with van der Waals surface area (Å²) >= 11 is 7.53. The fraction of sp³-hybridized carbons (Fsp3) is 0.250. The van der Waals surface area contributed by atoms with E-state index in [-0.39, 0.29) is 12.1 Å². The molecule has 0 aliphatic rings. The number of rotatable bonds is 5. The number of furan rings is 1. The van der Waals surface area contributed by atoms with E-state index < -0.39 is 0 Å². The van der Waals surface area contributed by atoms with Crippen LogP contribution in [-0.2, 0) is 0 Å². The Kier molecular flexibility index (Phi) is 3.81. The van der Waals surface area contributed by atoms with Crippen molar-refractivity contribution in [3.8, 4) is 0 Å². The van der Waals surface area contributed by atoms with E-state index in [1.807, 2.05) is 31.2 Å². The van der Waals surface area contributed by atoms with Crippen LogP contribution in [0.1, 0.15) is 35.5 Å². The molecule has 8 heteroatoms. The molecule has 3 rings (SSSR count). The highest BCUT2D eigenvalue weighted by molar-refractivity contribution is 7.16. The van der Waals surface area contributed by atoms with Crippen molar-refractivity contribution in [2.45, 2.75) is 19.0 Å². The summed E-state index contributed by atoms with van der Waals surface area (Å²) in [4.78, 5) is 1.07. The second-order valence-electron chi connectivity index (χ2n) is 4.25. The smallest absolute Gasteiger partial charge is 0.191 e. The Hall–Kier alpha value is -1.70. The van der Waals surface area contributed by atoms with E-state index in [2.05, 4.69) is 25.9 Å². The van der Waals surface area contributed by atoms with Crippen LogP contribution in [-0.4, -0.2) is 20.6 Å². The lowest BCUT2D eigenvalue weighted by molar-refractivity contribution is 0.415. The van der Waals surface area contributed by atoms with Crippen LogP contribution < -0.4 is 5.32 Å². The Balaban J connectivity index is 1.87. The van der Waals surface area contributed by atoms with Gasteiger partial charge in [0.25, 0.3) is 0 Å². The summed E-state index contributed by atoms with van der Waals surface area (Å²) in [6, 6.07) is 7.46.